The van der Waals surface area contributed by atoms with Crippen LogP contribution in [0.15, 0.2) is 30.3 Å². The first-order valence-corrected chi connectivity index (χ1v) is 11.2. The minimum atomic E-state index is -0.291. The quantitative estimate of drug-likeness (QED) is 0.388. The number of amides is 2. The standard InChI is InChI=1S/C21H20Cl2FIN2O/c1-12-16-11-18(23)17(22)9-13(16)7-8-26(12)21(28)27(15-3-2-4-15)20-6-5-14(24)10-19(20)25/h5-6,9-12,15H,2-4,7-8H2,1H3. The number of urea groups is 1. The second-order valence-corrected chi connectivity index (χ2v) is 9.39. The summed E-state index contributed by atoms with van der Waals surface area (Å²) in [5.74, 6) is -0.291. The van der Waals surface area contributed by atoms with Crippen LogP contribution in [-0.2, 0) is 6.42 Å². The summed E-state index contributed by atoms with van der Waals surface area (Å²) in [6.07, 6.45) is 3.79. The second-order valence-electron chi connectivity index (χ2n) is 7.42. The Hall–Kier alpha value is -1.05. The summed E-state index contributed by atoms with van der Waals surface area (Å²) in [6, 6.07) is 8.42. The fraction of sp³-hybridized carbons (Fsp3) is 0.381. The lowest BCUT2D eigenvalue weighted by Gasteiger charge is -2.44. The molecule has 1 aliphatic carbocycles. The smallest absolute Gasteiger partial charge is 0.317 e. The molecule has 0 spiro atoms. The van der Waals surface area contributed by atoms with Crippen LogP contribution >= 0.6 is 45.8 Å². The second kappa shape index (κ2) is 8.00. The molecule has 2 aromatic carbocycles. The van der Waals surface area contributed by atoms with E-state index in [0.29, 0.717) is 16.6 Å². The Balaban J connectivity index is 1.68. The molecule has 0 radical (unpaired) electrons. The Morgan fingerprint density at radius 3 is 2.57 bits per heavy atom. The molecular weight excluding hydrogens is 513 g/mol. The summed E-state index contributed by atoms with van der Waals surface area (Å²) in [5, 5.41) is 1.05. The molecule has 1 fully saturated rings. The molecule has 1 heterocycles. The van der Waals surface area contributed by atoms with Crippen LogP contribution in [0.2, 0.25) is 10.0 Å². The van der Waals surface area contributed by atoms with Crippen LogP contribution in [0.3, 0.4) is 0 Å². The first-order chi connectivity index (χ1) is 13.4. The largest absolute Gasteiger partial charge is 0.325 e. The number of nitrogens with zero attached hydrogens (tertiary/aromatic N) is 2. The molecule has 4 rings (SSSR count). The molecule has 7 heteroatoms. The predicted molar refractivity (Wildman–Crippen MR) is 120 cm³/mol. The van der Waals surface area contributed by atoms with Crippen molar-refractivity contribution < 1.29 is 9.18 Å². The van der Waals surface area contributed by atoms with Gasteiger partial charge in [-0.3, -0.25) is 4.90 Å². The van der Waals surface area contributed by atoms with Gasteiger partial charge in [0.05, 0.1) is 21.8 Å². The summed E-state index contributed by atoms with van der Waals surface area (Å²) < 4.78 is 14.4. The van der Waals surface area contributed by atoms with Crippen LogP contribution in [0.4, 0.5) is 14.9 Å². The Morgan fingerprint density at radius 2 is 1.93 bits per heavy atom. The number of hydrogen-bond donors (Lipinski definition) is 0. The summed E-state index contributed by atoms with van der Waals surface area (Å²) in [7, 11) is 0. The van der Waals surface area contributed by atoms with Crippen LogP contribution in [0.5, 0.6) is 0 Å². The summed E-state index contributed by atoms with van der Waals surface area (Å²) in [4.78, 5) is 17.4. The van der Waals surface area contributed by atoms with Crippen molar-refractivity contribution in [3.8, 4) is 0 Å². The van der Waals surface area contributed by atoms with Gasteiger partial charge in [-0.05, 0) is 96.7 Å². The van der Waals surface area contributed by atoms with Crippen LogP contribution in [-0.4, -0.2) is 23.5 Å². The van der Waals surface area contributed by atoms with Crippen LogP contribution in [0.1, 0.15) is 43.4 Å². The Bertz CT molecular complexity index is 935. The van der Waals surface area contributed by atoms with Crippen molar-refractivity contribution in [3.63, 3.8) is 0 Å². The molecule has 148 valence electrons. The van der Waals surface area contributed by atoms with Gasteiger partial charge in [0.2, 0.25) is 0 Å². The zero-order chi connectivity index (χ0) is 20.0. The monoisotopic (exact) mass is 532 g/mol. The third kappa shape index (κ3) is 3.61. The maximum atomic E-state index is 13.6. The van der Waals surface area contributed by atoms with Crippen molar-refractivity contribution in [2.75, 3.05) is 11.4 Å². The minimum Gasteiger partial charge on any atom is -0.317 e. The molecule has 0 N–H and O–H groups in total. The van der Waals surface area contributed by atoms with Gasteiger partial charge in [0.25, 0.3) is 0 Å². The first kappa shape index (κ1) is 20.2. The lowest BCUT2D eigenvalue weighted by atomic mass is 9.90. The molecule has 28 heavy (non-hydrogen) atoms. The van der Waals surface area contributed by atoms with E-state index in [1.54, 1.807) is 6.07 Å². The molecule has 2 amide bonds. The van der Waals surface area contributed by atoms with Gasteiger partial charge in [-0.15, -0.1) is 0 Å². The number of carbonyl (C=O) groups excluding carboxylic acids is 1. The Kier molecular flexibility index (Phi) is 5.78. The number of benzene rings is 2. The topological polar surface area (TPSA) is 23.6 Å². The van der Waals surface area contributed by atoms with Gasteiger partial charge in [-0.1, -0.05) is 23.2 Å². The van der Waals surface area contributed by atoms with E-state index >= 15 is 0 Å². The lowest BCUT2D eigenvalue weighted by molar-refractivity contribution is 0.175. The lowest BCUT2D eigenvalue weighted by Crippen LogP contribution is -2.53. The van der Waals surface area contributed by atoms with Gasteiger partial charge in [0.15, 0.2) is 0 Å². The number of hydrogen-bond acceptors (Lipinski definition) is 1. The van der Waals surface area contributed by atoms with Gasteiger partial charge < -0.3 is 4.90 Å². The SMILES string of the molecule is CC1c2cc(Cl)c(Cl)cc2CCN1C(=O)N(c1ccc(F)cc1I)C1CCC1. The molecule has 1 atom stereocenters. The molecule has 2 aliphatic rings. The van der Waals surface area contributed by atoms with E-state index in [9.17, 15) is 9.18 Å². The van der Waals surface area contributed by atoms with Crippen LogP contribution < -0.4 is 4.90 Å². The van der Waals surface area contributed by atoms with Crippen molar-refractivity contribution in [2.45, 2.75) is 44.7 Å². The molecular formula is C21H20Cl2FIN2O. The average Bonchev–Trinajstić information content (AvgIpc) is 2.60. The van der Waals surface area contributed by atoms with E-state index < -0.39 is 0 Å². The molecule has 0 bridgehead atoms. The van der Waals surface area contributed by atoms with Crippen LogP contribution in [0.25, 0.3) is 0 Å². The van der Waals surface area contributed by atoms with E-state index in [-0.39, 0.29) is 23.9 Å². The van der Waals surface area contributed by atoms with Gasteiger partial charge >= 0.3 is 6.03 Å². The first-order valence-electron chi connectivity index (χ1n) is 9.39. The highest BCUT2D eigenvalue weighted by Crippen LogP contribution is 2.39. The highest BCUT2D eigenvalue weighted by Gasteiger charge is 2.37. The maximum Gasteiger partial charge on any atom is 0.325 e. The number of halogens is 4. The zero-order valence-electron chi connectivity index (χ0n) is 15.4. The number of fused-ring (bicyclic) bond motifs is 1. The third-order valence-electron chi connectivity index (χ3n) is 5.78. The molecule has 3 nitrogen and oxygen atoms in total. The van der Waals surface area contributed by atoms with E-state index in [4.69, 9.17) is 23.2 Å². The average molecular weight is 533 g/mol. The molecule has 1 saturated carbocycles. The number of carbonyl (C=O) groups is 1. The Morgan fingerprint density at radius 1 is 1.21 bits per heavy atom. The van der Waals surface area contributed by atoms with Crippen molar-refractivity contribution in [2.24, 2.45) is 0 Å². The van der Waals surface area contributed by atoms with Crippen molar-refractivity contribution in [1.82, 2.24) is 4.90 Å². The van der Waals surface area contributed by atoms with E-state index in [1.807, 2.05) is 28.9 Å². The number of anilines is 1. The van der Waals surface area contributed by atoms with E-state index in [1.165, 1.54) is 12.1 Å². The van der Waals surface area contributed by atoms with Gasteiger partial charge in [-0.2, -0.15) is 0 Å². The van der Waals surface area contributed by atoms with Crippen molar-refractivity contribution in [3.05, 3.63) is 60.9 Å². The molecule has 0 aromatic heterocycles. The number of rotatable bonds is 2. The zero-order valence-corrected chi connectivity index (χ0v) is 19.1. The van der Waals surface area contributed by atoms with E-state index in [0.717, 1.165) is 46.1 Å². The van der Waals surface area contributed by atoms with E-state index in [2.05, 4.69) is 22.6 Å². The van der Waals surface area contributed by atoms with Gasteiger partial charge in [-0.25, -0.2) is 9.18 Å². The highest BCUT2D eigenvalue weighted by molar-refractivity contribution is 14.1. The molecule has 1 unspecified atom stereocenters. The summed E-state index contributed by atoms with van der Waals surface area (Å²) >= 11 is 14.5. The normalized spacial score (nSPS) is 19.2. The molecule has 1 aliphatic heterocycles. The fourth-order valence-corrected chi connectivity index (χ4v) is 5.08. The van der Waals surface area contributed by atoms with Crippen LogP contribution in [0, 0.1) is 9.39 Å². The van der Waals surface area contributed by atoms with Crippen molar-refractivity contribution >= 4 is 57.5 Å². The Labute approximate surface area is 187 Å². The molecule has 2 aromatic rings. The summed E-state index contributed by atoms with van der Waals surface area (Å²) in [6.45, 7) is 2.64. The minimum absolute atomic E-state index is 0.0292. The fourth-order valence-electron chi connectivity index (χ4n) is 3.99. The molecule has 0 saturated heterocycles. The van der Waals surface area contributed by atoms with Gasteiger partial charge in [0, 0.05) is 16.2 Å². The maximum absolute atomic E-state index is 13.6. The van der Waals surface area contributed by atoms with Gasteiger partial charge in [0.1, 0.15) is 5.82 Å². The highest BCUT2D eigenvalue weighted by atomic mass is 127. The van der Waals surface area contributed by atoms with Crippen molar-refractivity contribution in [1.29, 1.82) is 0 Å². The summed E-state index contributed by atoms with van der Waals surface area (Å²) in [5.41, 5.74) is 2.96. The predicted octanol–water partition coefficient (Wildman–Crippen LogP) is 6.84. The third-order valence-corrected chi connectivity index (χ3v) is 7.37.